The molecule has 114 valence electrons. The van der Waals surface area contributed by atoms with Crippen molar-refractivity contribution in [2.75, 3.05) is 19.5 Å². The molecule has 6 nitrogen and oxygen atoms in total. The molecule has 0 saturated heterocycles. The number of carboxylic acid groups (broad SMARTS) is 1. The fraction of sp³-hybridized carbons (Fsp3) is 0.417. The highest BCUT2D eigenvalue weighted by molar-refractivity contribution is 9.11. The third kappa shape index (κ3) is 4.06. The number of hydrogen-bond acceptors (Lipinski definition) is 6. The maximum atomic E-state index is 10.7. The number of methoxy groups -OCH3 is 1. The van der Waals surface area contributed by atoms with Crippen molar-refractivity contribution in [1.82, 2.24) is 14.8 Å². The molecule has 0 radical (unpaired) electrons. The highest BCUT2D eigenvalue weighted by atomic mass is 79.9. The standard InChI is InChI=1S/C12H14BrN3O3S2/c1-7-5-8(21-10(7)13)11-14-15-12(20-6-9(17)18)16(11)3-4-19-2/h5H,3-4,6H2,1-2H3,(H,17,18). The van der Waals surface area contributed by atoms with Crippen molar-refractivity contribution >= 4 is 45.0 Å². The first-order valence-electron chi connectivity index (χ1n) is 6.06. The molecule has 0 aliphatic carbocycles. The fourth-order valence-electron chi connectivity index (χ4n) is 1.66. The maximum Gasteiger partial charge on any atom is 0.313 e. The van der Waals surface area contributed by atoms with Crippen LogP contribution < -0.4 is 0 Å². The van der Waals surface area contributed by atoms with Crippen LogP contribution in [0.1, 0.15) is 5.56 Å². The molecule has 0 atom stereocenters. The lowest BCUT2D eigenvalue weighted by atomic mass is 10.3. The van der Waals surface area contributed by atoms with Gasteiger partial charge < -0.3 is 9.84 Å². The van der Waals surface area contributed by atoms with Gasteiger partial charge in [-0.1, -0.05) is 11.8 Å². The first-order chi connectivity index (χ1) is 10.0. The van der Waals surface area contributed by atoms with Crippen molar-refractivity contribution in [3.05, 3.63) is 15.4 Å². The molecular formula is C12H14BrN3O3S2. The van der Waals surface area contributed by atoms with Gasteiger partial charge in [-0.2, -0.15) is 0 Å². The Kier molecular flexibility index (Phi) is 5.80. The van der Waals surface area contributed by atoms with Gasteiger partial charge in [0.2, 0.25) is 0 Å². The topological polar surface area (TPSA) is 77.2 Å². The molecule has 21 heavy (non-hydrogen) atoms. The first-order valence-corrected chi connectivity index (χ1v) is 8.65. The van der Waals surface area contributed by atoms with Gasteiger partial charge in [-0.15, -0.1) is 21.5 Å². The third-order valence-corrected chi connectivity index (χ3v) is 5.72. The summed E-state index contributed by atoms with van der Waals surface area (Å²) in [6, 6.07) is 2.04. The van der Waals surface area contributed by atoms with Crippen molar-refractivity contribution < 1.29 is 14.6 Å². The van der Waals surface area contributed by atoms with Gasteiger partial charge in [0.15, 0.2) is 11.0 Å². The smallest absolute Gasteiger partial charge is 0.313 e. The Bertz CT molecular complexity index is 622. The Morgan fingerprint density at radius 3 is 2.90 bits per heavy atom. The number of aliphatic carboxylic acids is 1. The van der Waals surface area contributed by atoms with Crippen molar-refractivity contribution in [3.63, 3.8) is 0 Å². The number of aromatic nitrogens is 3. The highest BCUT2D eigenvalue weighted by Crippen LogP contribution is 2.35. The second-order valence-electron chi connectivity index (χ2n) is 4.20. The summed E-state index contributed by atoms with van der Waals surface area (Å²) in [5, 5.41) is 17.7. The molecule has 0 bridgehead atoms. The number of carboxylic acids is 1. The van der Waals surface area contributed by atoms with Crippen LogP contribution in [0.15, 0.2) is 15.0 Å². The summed E-state index contributed by atoms with van der Waals surface area (Å²) in [7, 11) is 1.62. The molecule has 0 aliphatic rings. The number of hydrogen-bond donors (Lipinski definition) is 1. The van der Waals surface area contributed by atoms with Gasteiger partial charge in [0.25, 0.3) is 0 Å². The molecule has 0 saturated carbocycles. The lowest BCUT2D eigenvalue weighted by Crippen LogP contribution is -2.08. The lowest BCUT2D eigenvalue weighted by Gasteiger charge is -2.07. The molecule has 0 spiro atoms. The van der Waals surface area contributed by atoms with Gasteiger partial charge in [-0.25, -0.2) is 0 Å². The monoisotopic (exact) mass is 391 g/mol. The van der Waals surface area contributed by atoms with E-state index in [4.69, 9.17) is 9.84 Å². The molecule has 9 heteroatoms. The summed E-state index contributed by atoms with van der Waals surface area (Å²) in [4.78, 5) is 11.7. The van der Waals surface area contributed by atoms with Crippen LogP contribution >= 0.6 is 39.0 Å². The van der Waals surface area contributed by atoms with E-state index in [-0.39, 0.29) is 5.75 Å². The quantitative estimate of drug-likeness (QED) is 0.731. The zero-order valence-corrected chi connectivity index (χ0v) is 14.7. The molecule has 2 aromatic rings. The normalized spacial score (nSPS) is 11.0. The van der Waals surface area contributed by atoms with Gasteiger partial charge in [0, 0.05) is 7.11 Å². The summed E-state index contributed by atoms with van der Waals surface area (Å²) < 4.78 is 8.06. The van der Waals surface area contributed by atoms with Crippen molar-refractivity contribution in [1.29, 1.82) is 0 Å². The zero-order chi connectivity index (χ0) is 15.4. The molecule has 2 aromatic heterocycles. The lowest BCUT2D eigenvalue weighted by molar-refractivity contribution is -0.133. The van der Waals surface area contributed by atoms with Crippen LogP contribution in [0.2, 0.25) is 0 Å². The Balaban J connectivity index is 2.33. The van der Waals surface area contributed by atoms with Gasteiger partial charge in [0.1, 0.15) is 0 Å². The van der Waals surface area contributed by atoms with E-state index in [0.29, 0.717) is 18.3 Å². The number of thiophene rings is 1. The zero-order valence-electron chi connectivity index (χ0n) is 11.5. The highest BCUT2D eigenvalue weighted by Gasteiger charge is 2.17. The average molecular weight is 392 g/mol. The summed E-state index contributed by atoms with van der Waals surface area (Å²) in [5.41, 5.74) is 1.14. The average Bonchev–Trinajstić information content (AvgIpc) is 2.98. The van der Waals surface area contributed by atoms with E-state index in [1.54, 1.807) is 18.4 Å². The molecule has 0 aliphatic heterocycles. The van der Waals surface area contributed by atoms with Crippen LogP contribution in [-0.2, 0) is 16.1 Å². The van der Waals surface area contributed by atoms with E-state index in [9.17, 15) is 4.79 Å². The van der Waals surface area contributed by atoms with Gasteiger partial charge >= 0.3 is 5.97 Å². The minimum atomic E-state index is -0.877. The Morgan fingerprint density at radius 1 is 1.57 bits per heavy atom. The van der Waals surface area contributed by atoms with Crippen LogP contribution in [0.3, 0.4) is 0 Å². The number of carbonyl (C=O) groups is 1. The number of thioether (sulfide) groups is 1. The molecule has 0 fully saturated rings. The molecule has 0 amide bonds. The van der Waals surface area contributed by atoms with Crippen LogP contribution in [-0.4, -0.2) is 45.3 Å². The summed E-state index contributed by atoms with van der Waals surface area (Å²) in [6.45, 7) is 3.10. The Morgan fingerprint density at radius 2 is 2.33 bits per heavy atom. The molecule has 1 N–H and O–H groups in total. The van der Waals surface area contributed by atoms with Crippen molar-refractivity contribution in [3.8, 4) is 10.7 Å². The molecular weight excluding hydrogens is 378 g/mol. The molecule has 2 heterocycles. The first kappa shape index (κ1) is 16.5. The SMILES string of the molecule is COCCn1c(SCC(=O)O)nnc1-c1cc(C)c(Br)s1. The predicted octanol–water partition coefficient (Wildman–Crippen LogP) is 2.90. The minimum absolute atomic E-state index is 0.0434. The number of aryl methyl sites for hydroxylation is 1. The molecule has 2 rings (SSSR count). The van der Waals surface area contributed by atoms with E-state index in [1.807, 2.05) is 17.6 Å². The van der Waals surface area contributed by atoms with Crippen LogP contribution in [0.4, 0.5) is 0 Å². The van der Waals surface area contributed by atoms with Gasteiger partial charge in [-0.05, 0) is 34.5 Å². The fourth-order valence-corrected chi connectivity index (χ4v) is 3.87. The maximum absolute atomic E-state index is 10.7. The number of ether oxygens (including phenoxy) is 1. The van der Waals surface area contributed by atoms with E-state index in [0.717, 1.165) is 31.8 Å². The van der Waals surface area contributed by atoms with E-state index >= 15 is 0 Å². The van der Waals surface area contributed by atoms with Crippen molar-refractivity contribution in [2.24, 2.45) is 0 Å². The van der Waals surface area contributed by atoms with Crippen LogP contribution in [0.5, 0.6) is 0 Å². The second kappa shape index (κ2) is 7.39. The second-order valence-corrected chi connectivity index (χ2v) is 7.51. The summed E-state index contributed by atoms with van der Waals surface area (Å²) >= 11 is 6.24. The van der Waals surface area contributed by atoms with E-state index < -0.39 is 5.97 Å². The third-order valence-electron chi connectivity index (χ3n) is 2.64. The summed E-state index contributed by atoms with van der Waals surface area (Å²) in [5.74, 6) is -0.186. The Labute approximate surface area is 138 Å². The number of halogens is 1. The van der Waals surface area contributed by atoms with Gasteiger partial charge in [0.05, 0.1) is 27.6 Å². The van der Waals surface area contributed by atoms with Crippen molar-refractivity contribution in [2.45, 2.75) is 18.6 Å². The van der Waals surface area contributed by atoms with E-state index in [2.05, 4.69) is 26.1 Å². The van der Waals surface area contributed by atoms with Crippen LogP contribution in [0.25, 0.3) is 10.7 Å². The van der Waals surface area contributed by atoms with Crippen LogP contribution in [0, 0.1) is 6.92 Å². The molecule has 0 aromatic carbocycles. The molecule has 0 unspecified atom stereocenters. The predicted molar refractivity (Wildman–Crippen MR) is 86.0 cm³/mol. The number of rotatable bonds is 7. The Hall–Kier alpha value is -0.900. The van der Waals surface area contributed by atoms with Gasteiger partial charge in [-0.3, -0.25) is 9.36 Å². The minimum Gasteiger partial charge on any atom is -0.481 e. The van der Waals surface area contributed by atoms with E-state index in [1.165, 1.54) is 0 Å². The largest absolute Gasteiger partial charge is 0.481 e. The summed E-state index contributed by atoms with van der Waals surface area (Å²) in [6.07, 6.45) is 0. The number of nitrogens with zero attached hydrogens (tertiary/aromatic N) is 3.